The molecule has 0 fully saturated rings. The summed E-state index contributed by atoms with van der Waals surface area (Å²) in [5.41, 5.74) is 3.31. The number of oxazole rings is 1. The van der Waals surface area contributed by atoms with Crippen LogP contribution >= 0.6 is 0 Å². The van der Waals surface area contributed by atoms with Crippen LogP contribution in [-0.4, -0.2) is 16.7 Å². The summed E-state index contributed by atoms with van der Waals surface area (Å²) in [7, 11) is 0. The van der Waals surface area contributed by atoms with E-state index in [0.29, 0.717) is 35.2 Å². The third kappa shape index (κ3) is 3.60. The van der Waals surface area contributed by atoms with E-state index in [2.05, 4.69) is 10.3 Å². The van der Waals surface area contributed by atoms with Gasteiger partial charge in [-0.3, -0.25) is 14.6 Å². The number of hydrogen-bond acceptors (Lipinski definition) is 4. The Morgan fingerprint density at radius 3 is 2.58 bits per heavy atom. The summed E-state index contributed by atoms with van der Waals surface area (Å²) in [5, 5.41) is 2.79. The maximum atomic E-state index is 12.0. The Labute approximate surface area is 137 Å². The SMILES string of the molecule is CC(=O)c1ccc(NC(=O)CCc2ccc3oc(=O)[nH]c3c2)cc1. The van der Waals surface area contributed by atoms with Gasteiger partial charge in [-0.05, 0) is 55.3 Å². The second-order valence-electron chi connectivity index (χ2n) is 5.53. The number of benzene rings is 2. The lowest BCUT2D eigenvalue weighted by molar-refractivity contribution is -0.116. The van der Waals surface area contributed by atoms with Gasteiger partial charge in [0.1, 0.15) is 0 Å². The third-order valence-electron chi connectivity index (χ3n) is 3.70. The molecule has 0 aliphatic rings. The van der Waals surface area contributed by atoms with Gasteiger partial charge in [-0.15, -0.1) is 0 Å². The van der Waals surface area contributed by atoms with Gasteiger partial charge >= 0.3 is 5.76 Å². The van der Waals surface area contributed by atoms with Gasteiger partial charge in [0, 0.05) is 17.7 Å². The van der Waals surface area contributed by atoms with Crippen LogP contribution in [0.2, 0.25) is 0 Å². The van der Waals surface area contributed by atoms with E-state index in [4.69, 9.17) is 4.42 Å². The van der Waals surface area contributed by atoms with E-state index in [1.165, 1.54) is 6.92 Å². The molecule has 1 heterocycles. The zero-order valence-electron chi connectivity index (χ0n) is 13.1. The first-order valence-corrected chi connectivity index (χ1v) is 7.54. The molecule has 1 aromatic heterocycles. The van der Waals surface area contributed by atoms with E-state index in [1.807, 2.05) is 6.07 Å². The Kier molecular flexibility index (Phi) is 4.29. The molecule has 2 N–H and O–H groups in total. The van der Waals surface area contributed by atoms with Gasteiger partial charge in [0.2, 0.25) is 5.91 Å². The van der Waals surface area contributed by atoms with Crippen LogP contribution in [0.15, 0.2) is 51.7 Å². The molecule has 2 aromatic carbocycles. The van der Waals surface area contributed by atoms with Crippen molar-refractivity contribution in [3.8, 4) is 0 Å². The largest absolute Gasteiger partial charge is 0.417 e. The van der Waals surface area contributed by atoms with Gasteiger partial charge in [0.15, 0.2) is 11.4 Å². The summed E-state index contributed by atoms with van der Waals surface area (Å²) in [6.07, 6.45) is 0.850. The molecule has 0 atom stereocenters. The smallest absolute Gasteiger partial charge is 0.408 e. The summed E-state index contributed by atoms with van der Waals surface area (Å²) < 4.78 is 4.94. The summed E-state index contributed by atoms with van der Waals surface area (Å²) in [6.45, 7) is 1.50. The molecule has 24 heavy (non-hydrogen) atoms. The molecule has 0 radical (unpaired) electrons. The number of fused-ring (bicyclic) bond motifs is 1. The average molecular weight is 324 g/mol. The minimum Gasteiger partial charge on any atom is -0.408 e. The fourth-order valence-corrected chi connectivity index (χ4v) is 2.42. The molecular formula is C18H16N2O4. The fraction of sp³-hybridized carbons (Fsp3) is 0.167. The standard InChI is InChI=1S/C18H16N2O4/c1-11(21)13-4-6-14(7-5-13)19-17(22)9-3-12-2-8-16-15(10-12)20-18(23)24-16/h2,4-8,10H,3,9H2,1H3,(H,19,22)(H,20,23). The van der Waals surface area contributed by atoms with Gasteiger partial charge in [0.05, 0.1) is 5.52 Å². The van der Waals surface area contributed by atoms with Gasteiger partial charge in [-0.1, -0.05) is 6.07 Å². The van der Waals surface area contributed by atoms with Crippen LogP contribution in [-0.2, 0) is 11.2 Å². The van der Waals surface area contributed by atoms with E-state index < -0.39 is 5.76 Å². The number of aromatic amines is 1. The molecule has 0 aliphatic carbocycles. The van der Waals surface area contributed by atoms with Crippen LogP contribution in [0.3, 0.4) is 0 Å². The minimum absolute atomic E-state index is 0.0134. The van der Waals surface area contributed by atoms with Crippen LogP contribution in [0.25, 0.3) is 11.1 Å². The molecule has 0 saturated heterocycles. The molecule has 0 bridgehead atoms. The number of amides is 1. The molecular weight excluding hydrogens is 308 g/mol. The number of aryl methyl sites for hydroxylation is 1. The highest BCUT2D eigenvalue weighted by Gasteiger charge is 2.06. The van der Waals surface area contributed by atoms with Crippen LogP contribution in [0.4, 0.5) is 5.69 Å². The molecule has 0 spiro atoms. The maximum Gasteiger partial charge on any atom is 0.417 e. The molecule has 3 rings (SSSR count). The Bertz CT molecular complexity index is 951. The Morgan fingerprint density at radius 2 is 1.88 bits per heavy atom. The zero-order chi connectivity index (χ0) is 17.1. The molecule has 6 nitrogen and oxygen atoms in total. The predicted molar refractivity (Wildman–Crippen MR) is 90.2 cm³/mol. The van der Waals surface area contributed by atoms with Crippen molar-refractivity contribution in [3.05, 3.63) is 64.1 Å². The van der Waals surface area contributed by atoms with Crippen molar-refractivity contribution in [2.24, 2.45) is 0 Å². The number of nitrogens with one attached hydrogen (secondary N) is 2. The van der Waals surface area contributed by atoms with Gasteiger partial charge in [-0.25, -0.2) is 4.79 Å². The number of hydrogen-bond donors (Lipinski definition) is 2. The summed E-state index contributed by atoms with van der Waals surface area (Å²) in [4.78, 5) is 37.0. The number of aromatic nitrogens is 1. The van der Waals surface area contributed by atoms with Gasteiger partial charge < -0.3 is 9.73 Å². The number of rotatable bonds is 5. The molecule has 6 heteroatoms. The summed E-state index contributed by atoms with van der Waals surface area (Å²) >= 11 is 0. The maximum absolute atomic E-state index is 12.0. The summed E-state index contributed by atoms with van der Waals surface area (Å²) in [5.74, 6) is -0.624. The number of anilines is 1. The summed E-state index contributed by atoms with van der Waals surface area (Å²) in [6, 6.07) is 12.1. The number of carbonyl (C=O) groups excluding carboxylic acids is 2. The topological polar surface area (TPSA) is 92.2 Å². The van der Waals surface area contributed by atoms with Crippen molar-refractivity contribution < 1.29 is 14.0 Å². The van der Waals surface area contributed by atoms with Crippen LogP contribution in [0.5, 0.6) is 0 Å². The van der Waals surface area contributed by atoms with Crippen molar-refractivity contribution in [1.82, 2.24) is 4.98 Å². The molecule has 122 valence electrons. The lowest BCUT2D eigenvalue weighted by Gasteiger charge is -2.06. The number of H-pyrrole nitrogens is 1. The lowest BCUT2D eigenvalue weighted by atomic mass is 10.1. The highest BCUT2D eigenvalue weighted by molar-refractivity contribution is 5.95. The first-order valence-electron chi connectivity index (χ1n) is 7.54. The van der Waals surface area contributed by atoms with E-state index >= 15 is 0 Å². The highest BCUT2D eigenvalue weighted by atomic mass is 16.4. The average Bonchev–Trinajstić information content (AvgIpc) is 2.92. The van der Waals surface area contributed by atoms with Crippen molar-refractivity contribution in [2.75, 3.05) is 5.32 Å². The zero-order valence-corrected chi connectivity index (χ0v) is 13.1. The first kappa shape index (κ1) is 15.7. The second kappa shape index (κ2) is 6.54. The Hall–Kier alpha value is -3.15. The second-order valence-corrected chi connectivity index (χ2v) is 5.53. The highest BCUT2D eigenvalue weighted by Crippen LogP contribution is 2.15. The molecule has 0 saturated carbocycles. The van der Waals surface area contributed by atoms with E-state index in [0.717, 1.165) is 5.56 Å². The van der Waals surface area contributed by atoms with Crippen LogP contribution in [0.1, 0.15) is 29.3 Å². The van der Waals surface area contributed by atoms with Crippen molar-refractivity contribution in [3.63, 3.8) is 0 Å². The normalized spacial score (nSPS) is 10.7. The number of carbonyl (C=O) groups is 2. The lowest BCUT2D eigenvalue weighted by Crippen LogP contribution is -2.12. The van der Waals surface area contributed by atoms with Crippen molar-refractivity contribution in [1.29, 1.82) is 0 Å². The van der Waals surface area contributed by atoms with E-state index in [-0.39, 0.29) is 11.7 Å². The van der Waals surface area contributed by atoms with Gasteiger partial charge in [0.25, 0.3) is 0 Å². The predicted octanol–water partition coefficient (Wildman–Crippen LogP) is 2.90. The third-order valence-corrected chi connectivity index (χ3v) is 3.70. The Balaban J connectivity index is 1.59. The van der Waals surface area contributed by atoms with E-state index in [9.17, 15) is 14.4 Å². The quantitative estimate of drug-likeness (QED) is 0.706. The van der Waals surface area contributed by atoms with Gasteiger partial charge in [-0.2, -0.15) is 0 Å². The van der Waals surface area contributed by atoms with Crippen molar-refractivity contribution >= 4 is 28.5 Å². The first-order chi connectivity index (χ1) is 11.5. The molecule has 0 aliphatic heterocycles. The monoisotopic (exact) mass is 324 g/mol. The number of Topliss-reactive ketones (excluding diaryl/α,β-unsaturated/α-hetero) is 1. The van der Waals surface area contributed by atoms with Crippen molar-refractivity contribution in [2.45, 2.75) is 19.8 Å². The van der Waals surface area contributed by atoms with Crippen LogP contribution in [0, 0.1) is 0 Å². The fourth-order valence-electron chi connectivity index (χ4n) is 2.42. The molecule has 0 unspecified atom stereocenters. The molecule has 1 amide bonds. The minimum atomic E-state index is -0.492. The molecule has 3 aromatic rings. The Morgan fingerprint density at radius 1 is 1.12 bits per heavy atom. The number of ketones is 1. The van der Waals surface area contributed by atoms with Crippen LogP contribution < -0.4 is 11.1 Å². The van der Waals surface area contributed by atoms with E-state index in [1.54, 1.807) is 36.4 Å².